The van der Waals surface area contributed by atoms with Gasteiger partial charge in [-0.25, -0.2) is 0 Å². The van der Waals surface area contributed by atoms with Gasteiger partial charge < -0.3 is 14.4 Å². The summed E-state index contributed by atoms with van der Waals surface area (Å²) in [6, 6.07) is 14.0. The van der Waals surface area contributed by atoms with Gasteiger partial charge in [-0.15, -0.1) is 0 Å². The fourth-order valence-electron chi connectivity index (χ4n) is 4.02. The van der Waals surface area contributed by atoms with Crippen LogP contribution in [0.5, 0.6) is 0 Å². The van der Waals surface area contributed by atoms with Gasteiger partial charge in [-0.1, -0.05) is 37.3 Å². The van der Waals surface area contributed by atoms with Crippen molar-refractivity contribution in [1.82, 2.24) is 14.4 Å². The highest BCUT2D eigenvalue weighted by atomic mass is 16.2. The number of nitrogens with zero attached hydrogens (tertiary/aromatic N) is 3. The van der Waals surface area contributed by atoms with Crippen molar-refractivity contribution in [3.63, 3.8) is 0 Å². The Balaban J connectivity index is 1.61. The van der Waals surface area contributed by atoms with E-state index in [0.717, 1.165) is 19.3 Å². The van der Waals surface area contributed by atoms with Gasteiger partial charge in [0.1, 0.15) is 5.69 Å². The molecule has 0 radical (unpaired) electrons. The lowest BCUT2D eigenvalue weighted by Crippen LogP contribution is -2.44. The van der Waals surface area contributed by atoms with Crippen LogP contribution in [0.15, 0.2) is 48.7 Å². The van der Waals surface area contributed by atoms with E-state index in [1.165, 1.54) is 5.56 Å². The second kappa shape index (κ2) is 8.42. The molecule has 1 aliphatic heterocycles. The molecule has 27 heavy (non-hydrogen) atoms. The molecule has 1 aromatic heterocycles. The zero-order valence-electron chi connectivity index (χ0n) is 16.5. The van der Waals surface area contributed by atoms with Gasteiger partial charge in [0.15, 0.2) is 0 Å². The summed E-state index contributed by atoms with van der Waals surface area (Å²) in [5.74, 6) is 0.236. The van der Waals surface area contributed by atoms with Crippen molar-refractivity contribution in [3.8, 4) is 0 Å². The SMILES string of the molecule is CCC(c1ccccc1)N(C)C(=O)C1CCN(C(=O)c2cccn2C)CC1. The molecule has 1 fully saturated rings. The summed E-state index contributed by atoms with van der Waals surface area (Å²) in [5, 5.41) is 0. The predicted molar refractivity (Wildman–Crippen MR) is 106 cm³/mol. The Labute approximate surface area is 161 Å². The smallest absolute Gasteiger partial charge is 0.270 e. The van der Waals surface area contributed by atoms with Gasteiger partial charge in [0.2, 0.25) is 5.91 Å². The second-order valence-corrected chi connectivity index (χ2v) is 7.35. The fraction of sp³-hybridized carbons (Fsp3) is 0.455. The number of benzene rings is 1. The summed E-state index contributed by atoms with van der Waals surface area (Å²) >= 11 is 0. The van der Waals surface area contributed by atoms with Gasteiger partial charge in [-0.05, 0) is 37.0 Å². The summed E-state index contributed by atoms with van der Waals surface area (Å²) in [6.07, 6.45) is 4.22. The summed E-state index contributed by atoms with van der Waals surface area (Å²) in [7, 11) is 3.79. The number of carbonyl (C=O) groups excluding carboxylic acids is 2. The van der Waals surface area contributed by atoms with Gasteiger partial charge in [-0.3, -0.25) is 9.59 Å². The van der Waals surface area contributed by atoms with Gasteiger partial charge in [0.25, 0.3) is 5.91 Å². The van der Waals surface area contributed by atoms with Crippen LogP contribution < -0.4 is 0 Å². The highest BCUT2D eigenvalue weighted by Gasteiger charge is 2.32. The average molecular weight is 367 g/mol. The molecule has 0 saturated carbocycles. The third-order valence-corrected chi connectivity index (χ3v) is 5.68. The largest absolute Gasteiger partial charge is 0.347 e. The molecule has 5 heteroatoms. The Bertz CT molecular complexity index is 776. The Hall–Kier alpha value is -2.56. The highest BCUT2D eigenvalue weighted by molar-refractivity contribution is 5.93. The average Bonchev–Trinajstić information content (AvgIpc) is 3.14. The number of hydrogen-bond donors (Lipinski definition) is 0. The van der Waals surface area contributed by atoms with Gasteiger partial charge in [-0.2, -0.15) is 0 Å². The van der Waals surface area contributed by atoms with Gasteiger partial charge >= 0.3 is 0 Å². The van der Waals surface area contributed by atoms with E-state index >= 15 is 0 Å². The molecule has 1 aliphatic rings. The summed E-state index contributed by atoms with van der Waals surface area (Å²) < 4.78 is 1.85. The summed E-state index contributed by atoms with van der Waals surface area (Å²) in [5.41, 5.74) is 1.87. The maximum atomic E-state index is 13.0. The third kappa shape index (κ3) is 4.07. The highest BCUT2D eigenvalue weighted by Crippen LogP contribution is 2.27. The molecule has 1 atom stereocenters. The van der Waals surface area contributed by atoms with Crippen LogP contribution in [0.1, 0.15) is 48.3 Å². The first-order valence-corrected chi connectivity index (χ1v) is 9.75. The number of amides is 2. The minimum Gasteiger partial charge on any atom is -0.347 e. The van der Waals surface area contributed by atoms with E-state index < -0.39 is 0 Å². The molecule has 5 nitrogen and oxygen atoms in total. The molecule has 1 unspecified atom stereocenters. The molecule has 2 heterocycles. The zero-order chi connectivity index (χ0) is 19.4. The van der Waals surface area contributed by atoms with E-state index in [9.17, 15) is 9.59 Å². The first kappa shape index (κ1) is 19.2. The van der Waals surface area contributed by atoms with E-state index in [0.29, 0.717) is 18.8 Å². The number of aromatic nitrogens is 1. The molecular formula is C22H29N3O2. The standard InChI is InChI=1S/C22H29N3O2/c1-4-19(17-9-6-5-7-10-17)24(3)21(26)18-12-15-25(16-13-18)22(27)20-11-8-14-23(20)2/h5-11,14,18-19H,4,12-13,15-16H2,1-3H3. The predicted octanol–water partition coefficient (Wildman–Crippen LogP) is 3.49. The van der Waals surface area contributed by atoms with Crippen LogP contribution in [0.25, 0.3) is 0 Å². The lowest BCUT2D eigenvalue weighted by molar-refractivity contribution is -0.138. The van der Waals surface area contributed by atoms with Crippen LogP contribution in [0, 0.1) is 5.92 Å². The van der Waals surface area contributed by atoms with Crippen molar-refractivity contribution in [3.05, 3.63) is 59.9 Å². The summed E-state index contributed by atoms with van der Waals surface area (Å²) in [6.45, 7) is 3.38. The van der Waals surface area contributed by atoms with Crippen molar-refractivity contribution in [1.29, 1.82) is 0 Å². The van der Waals surface area contributed by atoms with Crippen molar-refractivity contribution < 1.29 is 9.59 Å². The molecule has 2 amide bonds. The number of piperidine rings is 1. The van der Waals surface area contributed by atoms with Crippen LogP contribution in [-0.2, 0) is 11.8 Å². The molecule has 0 bridgehead atoms. The lowest BCUT2D eigenvalue weighted by atomic mass is 9.93. The fourth-order valence-corrected chi connectivity index (χ4v) is 4.02. The van der Waals surface area contributed by atoms with Crippen molar-refractivity contribution >= 4 is 11.8 Å². The molecule has 0 spiro atoms. The minimum absolute atomic E-state index is 0.00905. The Kier molecular flexibility index (Phi) is 5.99. The third-order valence-electron chi connectivity index (χ3n) is 5.68. The Morgan fingerprint density at radius 1 is 1.11 bits per heavy atom. The number of hydrogen-bond acceptors (Lipinski definition) is 2. The molecule has 1 saturated heterocycles. The van der Waals surface area contributed by atoms with Gasteiger partial charge in [0.05, 0.1) is 6.04 Å². The number of likely N-dealkylation sites (tertiary alicyclic amines) is 1. The number of aryl methyl sites for hydroxylation is 1. The Morgan fingerprint density at radius 2 is 1.78 bits per heavy atom. The van der Waals surface area contributed by atoms with Crippen LogP contribution in [0.3, 0.4) is 0 Å². The van der Waals surface area contributed by atoms with Crippen molar-refractivity contribution in [2.75, 3.05) is 20.1 Å². The molecule has 0 N–H and O–H groups in total. The molecular weight excluding hydrogens is 338 g/mol. The monoisotopic (exact) mass is 367 g/mol. The molecule has 144 valence electrons. The van der Waals surface area contributed by atoms with E-state index in [1.54, 1.807) is 0 Å². The topological polar surface area (TPSA) is 45.6 Å². The lowest BCUT2D eigenvalue weighted by Gasteiger charge is -2.36. The summed E-state index contributed by atoms with van der Waals surface area (Å²) in [4.78, 5) is 29.5. The van der Waals surface area contributed by atoms with Gasteiger partial charge in [0, 0.05) is 39.3 Å². The zero-order valence-corrected chi connectivity index (χ0v) is 16.5. The second-order valence-electron chi connectivity index (χ2n) is 7.35. The van der Waals surface area contributed by atoms with Crippen LogP contribution >= 0.6 is 0 Å². The molecule has 2 aromatic rings. The molecule has 1 aromatic carbocycles. The first-order valence-electron chi connectivity index (χ1n) is 9.75. The Morgan fingerprint density at radius 3 is 2.33 bits per heavy atom. The maximum Gasteiger partial charge on any atom is 0.270 e. The molecule has 0 aliphatic carbocycles. The van der Waals surface area contributed by atoms with E-state index in [4.69, 9.17) is 0 Å². The quantitative estimate of drug-likeness (QED) is 0.812. The first-order chi connectivity index (χ1) is 13.0. The van der Waals surface area contributed by atoms with Crippen molar-refractivity contribution in [2.24, 2.45) is 13.0 Å². The van der Waals surface area contributed by atoms with E-state index in [2.05, 4.69) is 19.1 Å². The van der Waals surface area contributed by atoms with Crippen LogP contribution in [0.2, 0.25) is 0 Å². The van der Waals surface area contributed by atoms with Crippen molar-refractivity contribution in [2.45, 2.75) is 32.2 Å². The molecule has 3 rings (SSSR count). The normalized spacial score (nSPS) is 16.2. The van der Waals surface area contributed by atoms with Crippen LogP contribution in [0.4, 0.5) is 0 Å². The van der Waals surface area contributed by atoms with E-state index in [1.807, 2.05) is 65.0 Å². The number of rotatable bonds is 5. The van der Waals surface area contributed by atoms with E-state index in [-0.39, 0.29) is 23.8 Å². The maximum absolute atomic E-state index is 13.0. The van der Waals surface area contributed by atoms with Crippen LogP contribution in [-0.4, -0.2) is 46.3 Å². The number of carbonyl (C=O) groups is 2. The minimum atomic E-state index is -0.00905.